The van der Waals surface area contributed by atoms with Crippen molar-refractivity contribution < 1.29 is 4.79 Å². The summed E-state index contributed by atoms with van der Waals surface area (Å²) in [4.78, 5) is 16.7. The predicted octanol–water partition coefficient (Wildman–Crippen LogP) is 3.35. The van der Waals surface area contributed by atoms with Crippen molar-refractivity contribution in [3.05, 3.63) is 28.5 Å². The number of nitrogens with one attached hydrogen (secondary N) is 1. The quantitative estimate of drug-likeness (QED) is 0.818. The molecule has 0 saturated heterocycles. The standard InChI is InChI=1S/C15H19BrClN3O/c1-15(2,14(21)18-3)9-20-12-5-4-10(16)8-11(12)19-13(20)6-7-17/h4-5,8H,6-7,9H2,1-3H3,(H,18,21). The minimum absolute atomic E-state index is 0.0123. The lowest BCUT2D eigenvalue weighted by Crippen LogP contribution is -2.38. The minimum atomic E-state index is -0.517. The first-order valence-electron chi connectivity index (χ1n) is 6.82. The molecule has 2 aromatic rings. The molecule has 0 atom stereocenters. The summed E-state index contributed by atoms with van der Waals surface area (Å²) in [6, 6.07) is 5.98. The Labute approximate surface area is 138 Å². The van der Waals surface area contributed by atoms with Crippen LogP contribution in [0.15, 0.2) is 22.7 Å². The molecule has 1 aromatic carbocycles. The number of nitrogens with zero attached hydrogens (tertiary/aromatic N) is 2. The summed E-state index contributed by atoms with van der Waals surface area (Å²) in [6.07, 6.45) is 0.678. The van der Waals surface area contributed by atoms with Crippen LogP contribution in [0.1, 0.15) is 19.7 Å². The van der Waals surface area contributed by atoms with Crippen LogP contribution >= 0.6 is 27.5 Å². The fourth-order valence-corrected chi connectivity index (χ4v) is 2.93. The second-order valence-electron chi connectivity index (χ2n) is 5.65. The maximum absolute atomic E-state index is 12.0. The van der Waals surface area contributed by atoms with E-state index in [0.29, 0.717) is 18.8 Å². The van der Waals surface area contributed by atoms with Crippen LogP contribution in [0, 0.1) is 5.41 Å². The molecule has 0 aliphatic rings. The fraction of sp³-hybridized carbons (Fsp3) is 0.467. The molecule has 1 N–H and O–H groups in total. The lowest BCUT2D eigenvalue weighted by Gasteiger charge is -2.24. The van der Waals surface area contributed by atoms with Crippen molar-refractivity contribution in [3.63, 3.8) is 0 Å². The van der Waals surface area contributed by atoms with Crippen LogP contribution in [0.5, 0.6) is 0 Å². The SMILES string of the molecule is CNC(=O)C(C)(C)Cn1c(CCCl)nc2cc(Br)ccc21. The highest BCUT2D eigenvalue weighted by Crippen LogP contribution is 2.26. The van der Waals surface area contributed by atoms with Gasteiger partial charge >= 0.3 is 0 Å². The highest BCUT2D eigenvalue weighted by molar-refractivity contribution is 9.10. The van der Waals surface area contributed by atoms with Gasteiger partial charge in [-0.05, 0) is 32.0 Å². The number of halogens is 2. The van der Waals surface area contributed by atoms with Crippen LogP contribution in [0.4, 0.5) is 0 Å². The average Bonchev–Trinajstić information content (AvgIpc) is 2.74. The summed E-state index contributed by atoms with van der Waals surface area (Å²) in [5, 5.41) is 2.72. The molecule has 0 radical (unpaired) electrons. The zero-order chi connectivity index (χ0) is 15.6. The van der Waals surface area contributed by atoms with Gasteiger partial charge < -0.3 is 9.88 Å². The molecule has 6 heteroatoms. The number of aromatic nitrogens is 2. The second-order valence-corrected chi connectivity index (χ2v) is 6.94. The number of aryl methyl sites for hydroxylation is 1. The lowest BCUT2D eigenvalue weighted by atomic mass is 9.92. The van der Waals surface area contributed by atoms with E-state index in [1.165, 1.54) is 0 Å². The highest BCUT2D eigenvalue weighted by Gasteiger charge is 2.29. The number of hydrogen-bond donors (Lipinski definition) is 1. The van der Waals surface area contributed by atoms with E-state index in [0.717, 1.165) is 21.3 Å². The predicted molar refractivity (Wildman–Crippen MR) is 89.7 cm³/mol. The van der Waals surface area contributed by atoms with E-state index >= 15 is 0 Å². The summed E-state index contributed by atoms with van der Waals surface area (Å²) < 4.78 is 3.09. The molecule has 4 nitrogen and oxygen atoms in total. The van der Waals surface area contributed by atoms with Gasteiger partial charge in [-0.3, -0.25) is 4.79 Å². The molecule has 0 bridgehead atoms. The van der Waals surface area contributed by atoms with Gasteiger partial charge in [0.2, 0.25) is 5.91 Å². The van der Waals surface area contributed by atoms with Crippen molar-refractivity contribution in [1.82, 2.24) is 14.9 Å². The van der Waals surface area contributed by atoms with Crippen molar-refractivity contribution in [2.45, 2.75) is 26.8 Å². The van der Waals surface area contributed by atoms with E-state index in [-0.39, 0.29) is 5.91 Å². The summed E-state index contributed by atoms with van der Waals surface area (Å²) in [5.74, 6) is 1.43. The number of fused-ring (bicyclic) bond motifs is 1. The van der Waals surface area contributed by atoms with Crippen LogP contribution in [0.3, 0.4) is 0 Å². The van der Waals surface area contributed by atoms with Crippen molar-refractivity contribution in [2.24, 2.45) is 5.41 Å². The van der Waals surface area contributed by atoms with Gasteiger partial charge in [0.05, 0.1) is 16.4 Å². The topological polar surface area (TPSA) is 46.9 Å². The van der Waals surface area contributed by atoms with E-state index in [9.17, 15) is 4.79 Å². The normalized spacial score (nSPS) is 11.9. The number of amides is 1. The molecule has 21 heavy (non-hydrogen) atoms. The first-order valence-corrected chi connectivity index (χ1v) is 8.14. The van der Waals surface area contributed by atoms with Gasteiger partial charge in [-0.25, -0.2) is 4.98 Å². The van der Waals surface area contributed by atoms with Crippen molar-refractivity contribution in [2.75, 3.05) is 12.9 Å². The van der Waals surface area contributed by atoms with Gasteiger partial charge in [0.15, 0.2) is 0 Å². The summed E-state index contributed by atoms with van der Waals surface area (Å²) in [5.41, 5.74) is 1.42. The van der Waals surface area contributed by atoms with Crippen molar-refractivity contribution in [1.29, 1.82) is 0 Å². The van der Waals surface area contributed by atoms with Crippen LogP contribution in [0.25, 0.3) is 11.0 Å². The molecule has 1 amide bonds. The third-order valence-corrected chi connectivity index (χ3v) is 4.18. The van der Waals surface area contributed by atoms with Crippen LogP contribution < -0.4 is 5.32 Å². The molecule has 0 spiro atoms. The van der Waals surface area contributed by atoms with Crippen LogP contribution in [0.2, 0.25) is 0 Å². The number of imidazole rings is 1. The highest BCUT2D eigenvalue weighted by atomic mass is 79.9. The maximum atomic E-state index is 12.0. The molecule has 1 aromatic heterocycles. The van der Waals surface area contributed by atoms with Gasteiger partial charge in [-0.2, -0.15) is 0 Å². The first-order chi connectivity index (χ1) is 9.89. The third kappa shape index (κ3) is 3.40. The molecule has 0 saturated carbocycles. The summed E-state index contributed by atoms with van der Waals surface area (Å²) >= 11 is 9.35. The number of rotatable bonds is 5. The average molecular weight is 373 g/mol. The molecule has 114 valence electrons. The zero-order valence-electron chi connectivity index (χ0n) is 12.4. The van der Waals surface area contributed by atoms with E-state index in [1.807, 2.05) is 32.0 Å². The Kier molecular flexibility index (Phi) is 4.94. The van der Waals surface area contributed by atoms with Gasteiger partial charge in [0, 0.05) is 30.4 Å². The summed E-state index contributed by atoms with van der Waals surface area (Å²) in [7, 11) is 1.66. The largest absolute Gasteiger partial charge is 0.359 e. The van der Waals surface area contributed by atoms with E-state index in [4.69, 9.17) is 11.6 Å². The molecular weight excluding hydrogens is 354 g/mol. The first kappa shape index (κ1) is 16.3. The minimum Gasteiger partial charge on any atom is -0.359 e. The maximum Gasteiger partial charge on any atom is 0.227 e. The van der Waals surface area contributed by atoms with E-state index < -0.39 is 5.41 Å². The molecule has 0 aliphatic carbocycles. The fourth-order valence-electron chi connectivity index (χ4n) is 2.41. The number of hydrogen-bond acceptors (Lipinski definition) is 2. The summed E-state index contributed by atoms with van der Waals surface area (Å²) in [6.45, 7) is 4.43. The Morgan fingerprint density at radius 2 is 2.19 bits per heavy atom. The van der Waals surface area contributed by atoms with Crippen LogP contribution in [-0.2, 0) is 17.8 Å². The van der Waals surface area contributed by atoms with E-state index in [1.54, 1.807) is 7.05 Å². The second kappa shape index (κ2) is 6.36. The van der Waals surface area contributed by atoms with E-state index in [2.05, 4.69) is 30.8 Å². The third-order valence-electron chi connectivity index (χ3n) is 3.50. The molecular formula is C15H19BrClN3O. The van der Waals surface area contributed by atoms with Crippen LogP contribution in [-0.4, -0.2) is 28.4 Å². The monoisotopic (exact) mass is 371 g/mol. The Bertz CT molecular complexity index is 666. The van der Waals surface area contributed by atoms with Crippen molar-refractivity contribution in [3.8, 4) is 0 Å². The van der Waals surface area contributed by atoms with Gasteiger partial charge in [0.1, 0.15) is 5.82 Å². The Hall–Kier alpha value is -1.07. The van der Waals surface area contributed by atoms with Gasteiger partial charge in [-0.15, -0.1) is 11.6 Å². The molecule has 1 heterocycles. The Balaban J connectivity index is 2.50. The number of benzene rings is 1. The number of alkyl halides is 1. The Morgan fingerprint density at radius 1 is 1.48 bits per heavy atom. The molecule has 2 rings (SSSR count). The molecule has 0 aliphatic heterocycles. The molecule has 0 unspecified atom stereocenters. The smallest absolute Gasteiger partial charge is 0.227 e. The number of carbonyl (C=O) groups excluding carboxylic acids is 1. The Morgan fingerprint density at radius 3 is 2.81 bits per heavy atom. The molecule has 0 fully saturated rings. The van der Waals surface area contributed by atoms with Gasteiger partial charge in [-0.1, -0.05) is 15.9 Å². The van der Waals surface area contributed by atoms with Crippen molar-refractivity contribution >= 4 is 44.5 Å². The number of carbonyl (C=O) groups is 1. The zero-order valence-corrected chi connectivity index (χ0v) is 14.8. The lowest BCUT2D eigenvalue weighted by molar-refractivity contribution is -0.129. The van der Waals surface area contributed by atoms with Gasteiger partial charge in [0.25, 0.3) is 0 Å².